The van der Waals surface area contributed by atoms with Crippen LogP contribution in [0.4, 0.5) is 5.69 Å². The van der Waals surface area contributed by atoms with E-state index < -0.39 is 0 Å². The highest BCUT2D eigenvalue weighted by Crippen LogP contribution is 2.23. The number of hydrogen-bond donors (Lipinski definition) is 2. The lowest BCUT2D eigenvalue weighted by Crippen LogP contribution is -2.41. The number of aryl methyl sites for hydroxylation is 1. The average Bonchev–Trinajstić information content (AvgIpc) is 2.47. The van der Waals surface area contributed by atoms with Gasteiger partial charge in [-0.2, -0.15) is 0 Å². The van der Waals surface area contributed by atoms with Gasteiger partial charge in [0.1, 0.15) is 0 Å². The van der Waals surface area contributed by atoms with Crippen LogP contribution < -0.4 is 10.6 Å². The Morgan fingerprint density at radius 2 is 1.90 bits per heavy atom. The highest BCUT2D eigenvalue weighted by atomic mass is 16.1. The number of nitrogens with one attached hydrogen (secondary N) is 2. The summed E-state index contributed by atoms with van der Waals surface area (Å²) in [6, 6.07) is 8.57. The first-order valence-electron chi connectivity index (χ1n) is 7.81. The van der Waals surface area contributed by atoms with Crippen LogP contribution in [-0.2, 0) is 11.2 Å². The molecular weight excluding hydrogens is 248 g/mol. The van der Waals surface area contributed by atoms with Crippen molar-refractivity contribution >= 4 is 11.6 Å². The lowest BCUT2D eigenvalue weighted by atomic mass is 9.86. The maximum absolute atomic E-state index is 11.9. The van der Waals surface area contributed by atoms with E-state index in [1.165, 1.54) is 31.2 Å². The van der Waals surface area contributed by atoms with Gasteiger partial charge in [0.2, 0.25) is 5.91 Å². The van der Waals surface area contributed by atoms with Gasteiger partial charge in [0.15, 0.2) is 0 Å². The second-order valence-electron chi connectivity index (χ2n) is 5.85. The van der Waals surface area contributed by atoms with Crippen molar-refractivity contribution in [1.82, 2.24) is 5.32 Å². The fourth-order valence-corrected chi connectivity index (χ4v) is 2.87. The van der Waals surface area contributed by atoms with E-state index >= 15 is 0 Å². The Hall–Kier alpha value is -1.35. The fourth-order valence-electron chi connectivity index (χ4n) is 2.87. The van der Waals surface area contributed by atoms with Gasteiger partial charge in [-0.25, -0.2) is 0 Å². The second-order valence-corrected chi connectivity index (χ2v) is 5.85. The van der Waals surface area contributed by atoms with E-state index in [4.69, 9.17) is 0 Å². The predicted molar refractivity (Wildman–Crippen MR) is 83.9 cm³/mol. The molecule has 1 aliphatic carbocycles. The van der Waals surface area contributed by atoms with Crippen molar-refractivity contribution in [3.8, 4) is 0 Å². The summed E-state index contributed by atoms with van der Waals surface area (Å²) in [5.41, 5.74) is 2.17. The van der Waals surface area contributed by atoms with Gasteiger partial charge >= 0.3 is 0 Å². The van der Waals surface area contributed by atoms with Gasteiger partial charge in [-0.1, -0.05) is 38.8 Å². The SMILES string of the molecule is CCc1ccc(NC(=O)CNC2CCCCC2C)cc1. The number of carbonyl (C=O) groups is 1. The van der Waals surface area contributed by atoms with Gasteiger partial charge < -0.3 is 10.6 Å². The van der Waals surface area contributed by atoms with E-state index in [0.717, 1.165) is 12.1 Å². The van der Waals surface area contributed by atoms with Crippen molar-refractivity contribution in [3.05, 3.63) is 29.8 Å². The maximum atomic E-state index is 11.9. The molecule has 3 nitrogen and oxygen atoms in total. The summed E-state index contributed by atoms with van der Waals surface area (Å²) in [7, 11) is 0. The van der Waals surface area contributed by atoms with Gasteiger partial charge in [-0.15, -0.1) is 0 Å². The molecule has 1 aliphatic rings. The molecule has 20 heavy (non-hydrogen) atoms. The number of rotatable bonds is 5. The normalized spacial score (nSPS) is 22.5. The molecule has 0 aromatic heterocycles. The topological polar surface area (TPSA) is 41.1 Å². The molecule has 1 amide bonds. The van der Waals surface area contributed by atoms with Crippen molar-refractivity contribution in [2.75, 3.05) is 11.9 Å². The molecule has 0 aliphatic heterocycles. The molecule has 3 heteroatoms. The molecule has 0 heterocycles. The standard InChI is InChI=1S/C17H26N2O/c1-3-14-8-10-15(11-9-14)19-17(20)12-18-16-7-5-4-6-13(16)2/h8-11,13,16,18H,3-7,12H2,1-2H3,(H,19,20). The smallest absolute Gasteiger partial charge is 0.238 e. The van der Waals surface area contributed by atoms with E-state index in [1.54, 1.807) is 0 Å². The Morgan fingerprint density at radius 1 is 1.20 bits per heavy atom. The van der Waals surface area contributed by atoms with E-state index in [0.29, 0.717) is 18.5 Å². The molecule has 0 radical (unpaired) electrons. The van der Waals surface area contributed by atoms with Crippen molar-refractivity contribution < 1.29 is 4.79 Å². The molecule has 2 unspecified atom stereocenters. The highest BCUT2D eigenvalue weighted by molar-refractivity contribution is 5.92. The summed E-state index contributed by atoms with van der Waals surface area (Å²) < 4.78 is 0. The highest BCUT2D eigenvalue weighted by Gasteiger charge is 2.21. The zero-order chi connectivity index (χ0) is 14.4. The van der Waals surface area contributed by atoms with Crippen LogP contribution in [0.3, 0.4) is 0 Å². The Balaban J connectivity index is 1.76. The van der Waals surface area contributed by atoms with Gasteiger partial charge in [0.05, 0.1) is 6.54 Å². The predicted octanol–water partition coefficient (Wildman–Crippen LogP) is 3.36. The largest absolute Gasteiger partial charge is 0.325 e. The summed E-state index contributed by atoms with van der Waals surface area (Å²) in [5.74, 6) is 0.729. The zero-order valence-corrected chi connectivity index (χ0v) is 12.6. The van der Waals surface area contributed by atoms with E-state index in [2.05, 4.69) is 36.6 Å². The first-order chi connectivity index (χ1) is 9.69. The molecule has 110 valence electrons. The van der Waals surface area contributed by atoms with Gasteiger partial charge in [-0.3, -0.25) is 4.79 Å². The number of hydrogen-bond acceptors (Lipinski definition) is 2. The van der Waals surface area contributed by atoms with Crippen LogP contribution in [0.25, 0.3) is 0 Å². The Labute approximate surface area is 122 Å². The van der Waals surface area contributed by atoms with Crippen molar-refractivity contribution in [2.45, 2.75) is 52.0 Å². The van der Waals surface area contributed by atoms with Crippen LogP contribution in [-0.4, -0.2) is 18.5 Å². The fraction of sp³-hybridized carbons (Fsp3) is 0.588. The Bertz CT molecular complexity index is 427. The third-order valence-corrected chi connectivity index (χ3v) is 4.28. The van der Waals surface area contributed by atoms with E-state index in [-0.39, 0.29) is 5.91 Å². The molecule has 1 aromatic carbocycles. The molecule has 0 spiro atoms. The summed E-state index contributed by atoms with van der Waals surface area (Å²) in [6.07, 6.45) is 6.10. The quantitative estimate of drug-likeness (QED) is 0.864. The molecule has 0 bridgehead atoms. The van der Waals surface area contributed by atoms with Gasteiger partial charge in [-0.05, 0) is 42.9 Å². The zero-order valence-electron chi connectivity index (χ0n) is 12.6. The molecular formula is C17H26N2O. The minimum absolute atomic E-state index is 0.0482. The summed E-state index contributed by atoms with van der Waals surface area (Å²) >= 11 is 0. The average molecular weight is 274 g/mol. The molecule has 0 saturated heterocycles. The van der Waals surface area contributed by atoms with Crippen LogP contribution in [0.15, 0.2) is 24.3 Å². The summed E-state index contributed by atoms with van der Waals surface area (Å²) in [6.45, 7) is 4.81. The van der Waals surface area contributed by atoms with Crippen molar-refractivity contribution in [1.29, 1.82) is 0 Å². The summed E-state index contributed by atoms with van der Waals surface area (Å²) in [5, 5.41) is 6.35. The first-order valence-corrected chi connectivity index (χ1v) is 7.81. The lowest BCUT2D eigenvalue weighted by Gasteiger charge is -2.29. The third kappa shape index (κ3) is 4.34. The van der Waals surface area contributed by atoms with Crippen LogP contribution in [0.5, 0.6) is 0 Å². The maximum Gasteiger partial charge on any atom is 0.238 e. The number of anilines is 1. The Morgan fingerprint density at radius 3 is 2.55 bits per heavy atom. The van der Waals surface area contributed by atoms with Gasteiger partial charge in [0, 0.05) is 11.7 Å². The van der Waals surface area contributed by atoms with Crippen LogP contribution in [0, 0.1) is 5.92 Å². The number of benzene rings is 1. The van der Waals surface area contributed by atoms with Crippen molar-refractivity contribution in [3.63, 3.8) is 0 Å². The minimum Gasteiger partial charge on any atom is -0.325 e. The number of amides is 1. The first kappa shape index (κ1) is 15.0. The minimum atomic E-state index is 0.0482. The molecule has 2 rings (SSSR count). The third-order valence-electron chi connectivity index (χ3n) is 4.28. The summed E-state index contributed by atoms with van der Waals surface area (Å²) in [4.78, 5) is 11.9. The molecule has 1 fully saturated rings. The van der Waals surface area contributed by atoms with E-state index in [9.17, 15) is 4.79 Å². The lowest BCUT2D eigenvalue weighted by molar-refractivity contribution is -0.115. The molecule has 1 aromatic rings. The Kier molecular flexibility index (Phi) is 5.60. The molecule has 2 atom stereocenters. The molecule has 1 saturated carbocycles. The van der Waals surface area contributed by atoms with E-state index in [1.807, 2.05) is 12.1 Å². The molecule has 2 N–H and O–H groups in total. The van der Waals surface area contributed by atoms with Gasteiger partial charge in [0.25, 0.3) is 0 Å². The van der Waals surface area contributed by atoms with Crippen LogP contribution in [0.2, 0.25) is 0 Å². The van der Waals surface area contributed by atoms with Crippen LogP contribution >= 0.6 is 0 Å². The van der Waals surface area contributed by atoms with Crippen molar-refractivity contribution in [2.24, 2.45) is 5.92 Å². The van der Waals surface area contributed by atoms with Crippen LogP contribution in [0.1, 0.15) is 45.1 Å². The number of carbonyl (C=O) groups excluding carboxylic acids is 1. The second kappa shape index (κ2) is 7.44. The monoisotopic (exact) mass is 274 g/mol.